The van der Waals surface area contributed by atoms with E-state index >= 15 is 0 Å². The maximum absolute atomic E-state index is 14.2. The third kappa shape index (κ3) is 2.73. The van der Waals surface area contributed by atoms with Gasteiger partial charge in [-0.15, -0.1) is 0 Å². The summed E-state index contributed by atoms with van der Waals surface area (Å²) in [6.07, 6.45) is 6.16. The van der Waals surface area contributed by atoms with Crippen molar-refractivity contribution < 1.29 is 8.78 Å². The molecule has 27 heavy (non-hydrogen) atoms. The highest BCUT2D eigenvalue weighted by atomic mass is 32.1. The highest BCUT2D eigenvalue weighted by molar-refractivity contribution is 7.80. The molecule has 2 aliphatic heterocycles. The quantitative estimate of drug-likeness (QED) is 0.561. The number of thiocarbonyl (C=S) groups is 1. The van der Waals surface area contributed by atoms with E-state index in [9.17, 15) is 8.78 Å². The highest BCUT2D eigenvalue weighted by Gasteiger charge is 2.29. The second kappa shape index (κ2) is 6.20. The zero-order valence-electron chi connectivity index (χ0n) is 14.5. The summed E-state index contributed by atoms with van der Waals surface area (Å²) in [6, 6.07) is 9.71. The van der Waals surface area contributed by atoms with Crippen LogP contribution >= 0.6 is 12.2 Å². The Morgan fingerprint density at radius 2 is 1.63 bits per heavy atom. The van der Waals surface area contributed by atoms with E-state index in [0.717, 1.165) is 54.1 Å². The van der Waals surface area contributed by atoms with Crippen molar-refractivity contribution in [3.8, 4) is 22.3 Å². The van der Waals surface area contributed by atoms with Gasteiger partial charge in [0.05, 0.1) is 4.99 Å². The van der Waals surface area contributed by atoms with Gasteiger partial charge in [0.1, 0.15) is 11.6 Å². The number of rotatable bonds is 2. The maximum Gasteiger partial charge on any atom is 0.131 e. The molecule has 2 aliphatic rings. The first-order chi connectivity index (χ1) is 13.1. The Morgan fingerprint density at radius 1 is 0.852 bits per heavy atom. The second-order valence-corrected chi connectivity index (χ2v) is 7.50. The molecule has 0 aliphatic carbocycles. The Morgan fingerprint density at radius 3 is 2.48 bits per heavy atom. The molecular formula is C22H16F2N2S. The van der Waals surface area contributed by atoms with Crippen molar-refractivity contribution in [2.45, 2.75) is 19.3 Å². The predicted molar refractivity (Wildman–Crippen MR) is 107 cm³/mol. The van der Waals surface area contributed by atoms with Crippen molar-refractivity contribution in [2.24, 2.45) is 0 Å². The SMILES string of the molecule is Fc1ccc(F)c(-c2cncc(-c3cc4c5c(c3)CCN5C(=S)CC4)c2)c1. The number of aromatic nitrogens is 1. The van der Waals surface area contributed by atoms with Gasteiger partial charge in [-0.3, -0.25) is 4.98 Å². The minimum Gasteiger partial charge on any atom is -0.335 e. The van der Waals surface area contributed by atoms with Crippen LogP contribution in [0.5, 0.6) is 0 Å². The monoisotopic (exact) mass is 378 g/mol. The Hall–Kier alpha value is -2.66. The van der Waals surface area contributed by atoms with Gasteiger partial charge in [0.2, 0.25) is 0 Å². The standard InChI is InChI=1S/C22H16F2N2S/c23-18-2-3-20(24)19(10-18)17-9-16(11-25-12-17)15-7-13-1-4-21(27)26-6-5-14(8-15)22(13)26/h2-3,7-12H,1,4-6H2. The second-order valence-electron chi connectivity index (χ2n) is 7.02. The molecule has 0 saturated heterocycles. The lowest BCUT2D eigenvalue weighted by Crippen LogP contribution is -2.31. The summed E-state index contributed by atoms with van der Waals surface area (Å²) in [6.45, 7) is 0.942. The van der Waals surface area contributed by atoms with E-state index in [-0.39, 0.29) is 5.56 Å². The lowest BCUT2D eigenvalue weighted by atomic mass is 9.93. The minimum absolute atomic E-state index is 0.225. The molecule has 3 heterocycles. The number of hydrogen-bond donors (Lipinski definition) is 0. The first kappa shape index (κ1) is 16.5. The topological polar surface area (TPSA) is 16.1 Å². The lowest BCUT2D eigenvalue weighted by molar-refractivity contribution is 0.603. The van der Waals surface area contributed by atoms with Crippen molar-refractivity contribution in [3.05, 3.63) is 71.6 Å². The third-order valence-corrected chi connectivity index (χ3v) is 5.79. The van der Waals surface area contributed by atoms with E-state index in [2.05, 4.69) is 22.0 Å². The molecule has 5 heteroatoms. The van der Waals surface area contributed by atoms with Gasteiger partial charge in [0.15, 0.2) is 0 Å². The molecule has 3 aromatic rings. The first-order valence-electron chi connectivity index (χ1n) is 8.97. The Bertz CT molecular complexity index is 1090. The van der Waals surface area contributed by atoms with Crippen molar-refractivity contribution in [1.29, 1.82) is 0 Å². The zero-order valence-corrected chi connectivity index (χ0v) is 15.3. The molecule has 0 radical (unpaired) electrons. The molecule has 0 unspecified atom stereocenters. The molecule has 0 amide bonds. The van der Waals surface area contributed by atoms with Crippen molar-refractivity contribution in [3.63, 3.8) is 0 Å². The lowest BCUT2D eigenvalue weighted by Gasteiger charge is -2.28. The molecule has 1 aromatic heterocycles. The van der Waals surface area contributed by atoms with Gasteiger partial charge in [0, 0.05) is 47.7 Å². The third-order valence-electron chi connectivity index (χ3n) is 5.36. The molecule has 134 valence electrons. The van der Waals surface area contributed by atoms with Gasteiger partial charge in [-0.2, -0.15) is 0 Å². The summed E-state index contributed by atoms with van der Waals surface area (Å²) >= 11 is 5.51. The van der Waals surface area contributed by atoms with Crippen LogP contribution < -0.4 is 4.90 Å². The number of benzene rings is 2. The minimum atomic E-state index is -0.463. The first-order valence-corrected chi connectivity index (χ1v) is 9.38. The van der Waals surface area contributed by atoms with Crippen LogP contribution in [0.4, 0.5) is 14.5 Å². The molecule has 0 N–H and O–H groups in total. The Kier molecular flexibility index (Phi) is 3.79. The largest absolute Gasteiger partial charge is 0.335 e. The van der Waals surface area contributed by atoms with Crippen LogP contribution in [0.15, 0.2) is 48.8 Å². The van der Waals surface area contributed by atoms with E-state index in [1.807, 2.05) is 6.07 Å². The number of anilines is 1. The number of nitrogens with zero attached hydrogens (tertiary/aromatic N) is 2. The summed E-state index contributed by atoms with van der Waals surface area (Å²) in [5.74, 6) is -0.918. The summed E-state index contributed by atoms with van der Waals surface area (Å²) in [7, 11) is 0. The van der Waals surface area contributed by atoms with Crippen molar-refractivity contribution in [1.82, 2.24) is 4.98 Å². The average molecular weight is 378 g/mol. The van der Waals surface area contributed by atoms with Crippen molar-refractivity contribution >= 4 is 22.9 Å². The zero-order chi connectivity index (χ0) is 18.5. The number of hydrogen-bond acceptors (Lipinski definition) is 2. The predicted octanol–water partition coefficient (Wildman–Crippen LogP) is 5.33. The van der Waals surface area contributed by atoms with Gasteiger partial charge in [-0.1, -0.05) is 12.2 Å². The number of pyridine rings is 1. The Balaban J connectivity index is 1.61. The van der Waals surface area contributed by atoms with Crippen LogP contribution in [-0.2, 0) is 12.8 Å². The van der Waals surface area contributed by atoms with Crippen LogP contribution in [0.1, 0.15) is 17.5 Å². The van der Waals surface area contributed by atoms with Crippen molar-refractivity contribution in [2.75, 3.05) is 11.4 Å². The maximum atomic E-state index is 14.2. The van der Waals surface area contributed by atoms with Gasteiger partial charge < -0.3 is 4.90 Å². The van der Waals surface area contributed by atoms with E-state index in [1.165, 1.54) is 22.9 Å². The normalized spacial score (nSPS) is 15.2. The van der Waals surface area contributed by atoms with Crippen LogP contribution in [-0.4, -0.2) is 16.5 Å². The molecule has 0 fully saturated rings. The van der Waals surface area contributed by atoms with Crippen LogP contribution in [0.25, 0.3) is 22.3 Å². The molecular weight excluding hydrogens is 362 g/mol. The fourth-order valence-electron chi connectivity index (χ4n) is 4.09. The van der Waals surface area contributed by atoms with Crippen LogP contribution in [0.2, 0.25) is 0 Å². The molecule has 2 nitrogen and oxygen atoms in total. The van der Waals surface area contributed by atoms with Gasteiger partial charge >= 0.3 is 0 Å². The van der Waals surface area contributed by atoms with E-state index < -0.39 is 11.6 Å². The fraction of sp³-hybridized carbons (Fsp3) is 0.182. The van der Waals surface area contributed by atoms with E-state index in [0.29, 0.717) is 5.56 Å². The molecule has 0 bridgehead atoms. The van der Waals surface area contributed by atoms with Gasteiger partial charge in [0.25, 0.3) is 0 Å². The fourth-order valence-corrected chi connectivity index (χ4v) is 4.37. The van der Waals surface area contributed by atoms with Gasteiger partial charge in [-0.25, -0.2) is 8.78 Å². The molecule has 0 atom stereocenters. The van der Waals surface area contributed by atoms with Gasteiger partial charge in [-0.05, 0) is 65.9 Å². The summed E-state index contributed by atoms with van der Waals surface area (Å²) in [5.41, 5.74) is 6.63. The summed E-state index contributed by atoms with van der Waals surface area (Å²) in [5, 5.41) is 0. The molecule has 0 spiro atoms. The molecule has 2 aromatic carbocycles. The average Bonchev–Trinajstić information content (AvgIpc) is 3.12. The Labute approximate surface area is 161 Å². The van der Waals surface area contributed by atoms with E-state index in [4.69, 9.17) is 12.2 Å². The highest BCUT2D eigenvalue weighted by Crippen LogP contribution is 2.40. The van der Waals surface area contributed by atoms with Crippen LogP contribution in [0.3, 0.4) is 0 Å². The summed E-state index contributed by atoms with van der Waals surface area (Å²) in [4.78, 5) is 7.56. The number of aryl methyl sites for hydroxylation is 1. The number of halogens is 2. The van der Waals surface area contributed by atoms with E-state index in [1.54, 1.807) is 12.4 Å². The smallest absolute Gasteiger partial charge is 0.131 e. The van der Waals surface area contributed by atoms with Crippen LogP contribution in [0, 0.1) is 11.6 Å². The summed E-state index contributed by atoms with van der Waals surface area (Å²) < 4.78 is 27.7. The molecule has 5 rings (SSSR count). The molecule has 0 saturated carbocycles.